The minimum Gasteiger partial charge on any atom is -0.329 e. The molecule has 1 aromatic rings. The van der Waals surface area contributed by atoms with Gasteiger partial charge in [0.15, 0.2) is 0 Å². The van der Waals surface area contributed by atoms with Gasteiger partial charge in [0.1, 0.15) is 12.1 Å². The lowest BCUT2D eigenvalue weighted by Gasteiger charge is -2.47. The predicted molar refractivity (Wildman–Crippen MR) is 86.8 cm³/mol. The van der Waals surface area contributed by atoms with Crippen LogP contribution in [-0.2, 0) is 16.0 Å². The van der Waals surface area contributed by atoms with E-state index >= 15 is 0 Å². The normalized spacial score (nSPS) is 28.0. The van der Waals surface area contributed by atoms with E-state index in [1.165, 1.54) is 5.56 Å². The van der Waals surface area contributed by atoms with Crippen LogP contribution < -0.4 is 0 Å². The summed E-state index contributed by atoms with van der Waals surface area (Å²) in [4.78, 5) is 31.3. The average Bonchev–Trinajstić information content (AvgIpc) is 3.09. The van der Waals surface area contributed by atoms with Crippen LogP contribution in [0, 0.1) is 0 Å². The first-order chi connectivity index (χ1) is 11.2. The first-order valence-corrected chi connectivity index (χ1v) is 8.61. The molecule has 5 nitrogen and oxygen atoms in total. The zero-order valence-electron chi connectivity index (χ0n) is 13.4. The molecule has 5 heteroatoms. The Morgan fingerprint density at radius 1 is 0.913 bits per heavy atom. The number of carbonyl (C=O) groups is 2. The quantitative estimate of drug-likeness (QED) is 0.827. The van der Waals surface area contributed by atoms with Crippen molar-refractivity contribution < 1.29 is 9.59 Å². The summed E-state index contributed by atoms with van der Waals surface area (Å²) < 4.78 is 0. The molecule has 2 amide bonds. The van der Waals surface area contributed by atoms with Gasteiger partial charge in [0.05, 0.1) is 0 Å². The molecule has 3 heterocycles. The Hall–Kier alpha value is -1.88. The number of hydrogen-bond donors (Lipinski definition) is 0. The predicted octanol–water partition coefficient (Wildman–Crippen LogP) is 0.746. The number of amides is 2. The third-order valence-corrected chi connectivity index (χ3v) is 5.41. The molecule has 0 unspecified atom stereocenters. The summed E-state index contributed by atoms with van der Waals surface area (Å²) in [5.41, 5.74) is 1.32. The van der Waals surface area contributed by atoms with Crippen LogP contribution >= 0.6 is 0 Å². The van der Waals surface area contributed by atoms with Crippen LogP contribution in [0.4, 0.5) is 0 Å². The van der Waals surface area contributed by atoms with Crippen LogP contribution in [-0.4, -0.2) is 71.3 Å². The van der Waals surface area contributed by atoms with Crippen LogP contribution in [0.15, 0.2) is 30.3 Å². The fourth-order valence-electron chi connectivity index (χ4n) is 4.12. The van der Waals surface area contributed by atoms with Crippen molar-refractivity contribution in [3.8, 4) is 0 Å². The second-order valence-corrected chi connectivity index (χ2v) is 6.77. The van der Waals surface area contributed by atoms with E-state index in [0.717, 1.165) is 38.9 Å². The standard InChI is InChI=1S/C18H23N3O2/c22-17-15-7-4-9-20(15)18(23)16-13-19(11-12-21(16)17)10-8-14-5-2-1-3-6-14/h1-3,5-6,15-16H,4,7-13H2/t15-,16+/m0/s1. The highest BCUT2D eigenvalue weighted by Crippen LogP contribution is 2.28. The topological polar surface area (TPSA) is 43.9 Å². The van der Waals surface area contributed by atoms with Crippen molar-refractivity contribution in [3.05, 3.63) is 35.9 Å². The molecule has 122 valence electrons. The van der Waals surface area contributed by atoms with Gasteiger partial charge in [0, 0.05) is 32.7 Å². The van der Waals surface area contributed by atoms with Crippen LogP contribution in [0.5, 0.6) is 0 Å². The number of nitrogens with zero attached hydrogens (tertiary/aromatic N) is 3. The Morgan fingerprint density at radius 2 is 1.65 bits per heavy atom. The molecule has 0 saturated carbocycles. The lowest BCUT2D eigenvalue weighted by atomic mass is 10.0. The third kappa shape index (κ3) is 2.63. The molecule has 0 radical (unpaired) electrons. The van der Waals surface area contributed by atoms with Gasteiger partial charge in [-0.15, -0.1) is 0 Å². The van der Waals surface area contributed by atoms with Gasteiger partial charge in [-0.05, 0) is 24.8 Å². The van der Waals surface area contributed by atoms with E-state index in [2.05, 4.69) is 29.2 Å². The summed E-state index contributed by atoms with van der Waals surface area (Å²) in [5.74, 6) is 0.339. The number of hydrogen-bond acceptors (Lipinski definition) is 3. The van der Waals surface area contributed by atoms with Gasteiger partial charge in [0.2, 0.25) is 11.8 Å². The van der Waals surface area contributed by atoms with E-state index in [4.69, 9.17) is 0 Å². The Bertz CT molecular complexity index is 604. The number of rotatable bonds is 3. The Kier molecular flexibility index (Phi) is 3.81. The van der Waals surface area contributed by atoms with Gasteiger partial charge in [-0.2, -0.15) is 0 Å². The monoisotopic (exact) mass is 313 g/mol. The second-order valence-electron chi connectivity index (χ2n) is 6.77. The fraction of sp³-hybridized carbons (Fsp3) is 0.556. The first kappa shape index (κ1) is 14.7. The highest BCUT2D eigenvalue weighted by Gasteiger charge is 2.49. The van der Waals surface area contributed by atoms with Crippen molar-refractivity contribution in [2.75, 3.05) is 32.7 Å². The molecule has 1 aromatic carbocycles. The minimum absolute atomic E-state index is 0.163. The molecule has 23 heavy (non-hydrogen) atoms. The molecular weight excluding hydrogens is 290 g/mol. The van der Waals surface area contributed by atoms with Crippen molar-refractivity contribution >= 4 is 11.8 Å². The summed E-state index contributed by atoms with van der Waals surface area (Å²) >= 11 is 0. The maximum atomic E-state index is 12.7. The SMILES string of the molecule is O=C1[C@@H]2CCCN2C(=O)[C@H]2CN(CCc3ccccc3)CCN12. The molecule has 4 rings (SSSR count). The molecule has 2 atom stereocenters. The first-order valence-electron chi connectivity index (χ1n) is 8.61. The number of carbonyl (C=O) groups excluding carboxylic acids is 2. The van der Waals surface area contributed by atoms with Gasteiger partial charge in [-0.25, -0.2) is 0 Å². The van der Waals surface area contributed by atoms with E-state index in [1.807, 2.05) is 15.9 Å². The Balaban J connectivity index is 1.42. The van der Waals surface area contributed by atoms with Crippen molar-refractivity contribution in [1.82, 2.24) is 14.7 Å². The highest BCUT2D eigenvalue weighted by atomic mass is 16.2. The molecule has 0 spiro atoms. The van der Waals surface area contributed by atoms with Gasteiger partial charge in [-0.1, -0.05) is 30.3 Å². The van der Waals surface area contributed by atoms with Gasteiger partial charge in [0.25, 0.3) is 0 Å². The zero-order valence-corrected chi connectivity index (χ0v) is 13.4. The van der Waals surface area contributed by atoms with Crippen molar-refractivity contribution in [3.63, 3.8) is 0 Å². The highest BCUT2D eigenvalue weighted by molar-refractivity contribution is 5.97. The van der Waals surface area contributed by atoms with Crippen molar-refractivity contribution in [2.45, 2.75) is 31.3 Å². The van der Waals surface area contributed by atoms with E-state index in [1.54, 1.807) is 0 Å². The van der Waals surface area contributed by atoms with Crippen LogP contribution in [0.1, 0.15) is 18.4 Å². The molecular formula is C18H23N3O2. The molecule has 3 aliphatic rings. The summed E-state index contributed by atoms with van der Waals surface area (Å²) in [6.07, 6.45) is 2.79. The number of benzene rings is 1. The van der Waals surface area contributed by atoms with Crippen molar-refractivity contribution in [2.24, 2.45) is 0 Å². The summed E-state index contributed by atoms with van der Waals surface area (Å²) in [7, 11) is 0. The maximum Gasteiger partial charge on any atom is 0.247 e. The zero-order chi connectivity index (χ0) is 15.8. The maximum absolute atomic E-state index is 12.7. The molecule has 3 fully saturated rings. The van der Waals surface area contributed by atoms with E-state index in [9.17, 15) is 9.59 Å². The molecule has 0 aliphatic carbocycles. The molecule has 3 aliphatic heterocycles. The van der Waals surface area contributed by atoms with Crippen LogP contribution in [0.3, 0.4) is 0 Å². The van der Waals surface area contributed by atoms with Crippen LogP contribution in [0.25, 0.3) is 0 Å². The summed E-state index contributed by atoms with van der Waals surface area (Å²) in [6.45, 7) is 3.94. The van der Waals surface area contributed by atoms with E-state index in [-0.39, 0.29) is 23.9 Å². The molecule has 0 aromatic heterocycles. The Morgan fingerprint density at radius 3 is 2.48 bits per heavy atom. The third-order valence-electron chi connectivity index (χ3n) is 5.41. The number of fused-ring (bicyclic) bond motifs is 2. The van der Waals surface area contributed by atoms with Gasteiger partial charge < -0.3 is 9.80 Å². The van der Waals surface area contributed by atoms with E-state index < -0.39 is 0 Å². The fourth-order valence-corrected chi connectivity index (χ4v) is 4.12. The summed E-state index contributed by atoms with van der Waals surface area (Å²) in [5, 5.41) is 0. The van der Waals surface area contributed by atoms with Gasteiger partial charge in [-0.3, -0.25) is 14.5 Å². The molecule has 3 saturated heterocycles. The van der Waals surface area contributed by atoms with Crippen molar-refractivity contribution in [1.29, 1.82) is 0 Å². The average molecular weight is 313 g/mol. The largest absolute Gasteiger partial charge is 0.329 e. The number of piperazine rings is 2. The second kappa shape index (κ2) is 5.96. The summed E-state index contributed by atoms with van der Waals surface area (Å²) in [6, 6.07) is 9.99. The smallest absolute Gasteiger partial charge is 0.247 e. The Labute approximate surface area is 136 Å². The van der Waals surface area contributed by atoms with Gasteiger partial charge >= 0.3 is 0 Å². The lowest BCUT2D eigenvalue weighted by Crippen LogP contribution is -2.68. The minimum atomic E-state index is -0.263. The van der Waals surface area contributed by atoms with Crippen LogP contribution in [0.2, 0.25) is 0 Å². The molecule has 0 N–H and O–H groups in total. The molecule has 0 bridgehead atoms. The lowest BCUT2D eigenvalue weighted by molar-refractivity contribution is -0.163. The van der Waals surface area contributed by atoms with E-state index in [0.29, 0.717) is 13.1 Å².